The summed E-state index contributed by atoms with van der Waals surface area (Å²) >= 11 is 0. The molecule has 0 radical (unpaired) electrons. The largest absolute Gasteiger partial charge is 0.366 e. The van der Waals surface area contributed by atoms with Gasteiger partial charge >= 0.3 is 0 Å². The van der Waals surface area contributed by atoms with E-state index in [4.69, 9.17) is 4.74 Å². The summed E-state index contributed by atoms with van der Waals surface area (Å²) in [6.45, 7) is 3.04. The van der Waals surface area contributed by atoms with E-state index in [0.717, 1.165) is 6.07 Å². The number of H-pyrrole nitrogens is 1. The molecule has 1 amide bonds. The third-order valence-corrected chi connectivity index (χ3v) is 4.77. The lowest BCUT2D eigenvalue weighted by atomic mass is 10.1. The molecule has 1 aromatic heterocycles. The number of nitrogens with one attached hydrogen (secondary N) is 1. The van der Waals surface area contributed by atoms with Crippen LogP contribution in [0.5, 0.6) is 0 Å². The quantitative estimate of drug-likeness (QED) is 0.922. The fourth-order valence-electron chi connectivity index (χ4n) is 3.36. The third-order valence-electron chi connectivity index (χ3n) is 4.77. The van der Waals surface area contributed by atoms with Crippen molar-refractivity contribution in [1.82, 2.24) is 20.1 Å². The van der Waals surface area contributed by atoms with Crippen LogP contribution in [0.3, 0.4) is 0 Å². The molecule has 132 valence electrons. The summed E-state index contributed by atoms with van der Waals surface area (Å²) < 4.78 is 33.0. The smallest absolute Gasteiger partial charge is 0.226 e. The molecule has 2 fully saturated rings. The van der Waals surface area contributed by atoms with Gasteiger partial charge in [0, 0.05) is 12.5 Å². The van der Waals surface area contributed by atoms with E-state index < -0.39 is 11.6 Å². The van der Waals surface area contributed by atoms with E-state index >= 15 is 0 Å². The first-order chi connectivity index (χ1) is 12.0. The first-order valence-electron chi connectivity index (χ1n) is 8.28. The second kappa shape index (κ2) is 6.18. The number of hydrogen-bond acceptors (Lipinski definition) is 4. The molecule has 2 aliphatic rings. The highest BCUT2D eigenvalue weighted by atomic mass is 19.2. The minimum absolute atomic E-state index is 0.0470. The van der Waals surface area contributed by atoms with Crippen LogP contribution in [0.4, 0.5) is 8.78 Å². The molecule has 0 bridgehead atoms. The van der Waals surface area contributed by atoms with Gasteiger partial charge in [0.1, 0.15) is 11.9 Å². The molecule has 1 aliphatic heterocycles. The summed E-state index contributed by atoms with van der Waals surface area (Å²) in [5.74, 6) is -1.11. The second-order valence-corrected chi connectivity index (χ2v) is 6.51. The first kappa shape index (κ1) is 16.1. The molecule has 1 aliphatic carbocycles. The summed E-state index contributed by atoms with van der Waals surface area (Å²) in [7, 11) is 0. The maximum absolute atomic E-state index is 13.9. The lowest BCUT2D eigenvalue weighted by Gasteiger charge is -2.32. The second-order valence-electron chi connectivity index (χ2n) is 6.51. The van der Waals surface area contributed by atoms with Crippen LogP contribution in [0, 0.1) is 24.5 Å². The SMILES string of the molecule is Cc1nc([C@@H]2CN(C(=O)[C@H]3C[C@@H]3c3cccc(F)c3F)CCO2)n[nH]1. The zero-order chi connectivity index (χ0) is 17.6. The van der Waals surface area contributed by atoms with Crippen LogP contribution in [-0.2, 0) is 9.53 Å². The van der Waals surface area contributed by atoms with Gasteiger partial charge in [0.05, 0.1) is 13.2 Å². The summed E-state index contributed by atoms with van der Waals surface area (Å²) in [6, 6.07) is 4.11. The highest BCUT2D eigenvalue weighted by Crippen LogP contribution is 2.49. The van der Waals surface area contributed by atoms with Gasteiger partial charge in [-0.2, -0.15) is 5.10 Å². The molecule has 6 nitrogen and oxygen atoms in total. The number of hydrogen-bond donors (Lipinski definition) is 1. The Morgan fingerprint density at radius 1 is 1.40 bits per heavy atom. The van der Waals surface area contributed by atoms with E-state index in [-0.39, 0.29) is 29.4 Å². The molecule has 1 saturated heterocycles. The predicted molar refractivity (Wildman–Crippen MR) is 83.6 cm³/mol. The van der Waals surface area contributed by atoms with Crippen LogP contribution in [0.25, 0.3) is 0 Å². The molecule has 0 unspecified atom stereocenters. The molecule has 4 rings (SSSR count). The van der Waals surface area contributed by atoms with Crippen molar-refractivity contribution in [2.45, 2.75) is 25.4 Å². The van der Waals surface area contributed by atoms with Gasteiger partial charge < -0.3 is 9.64 Å². The average molecular weight is 348 g/mol. The number of ether oxygens (including phenoxy) is 1. The van der Waals surface area contributed by atoms with Crippen molar-refractivity contribution in [3.8, 4) is 0 Å². The standard InChI is InChI=1S/C17H18F2N4O2/c1-9-20-16(22-21-9)14-8-23(5-6-25-14)17(24)12-7-11(12)10-3-2-4-13(18)15(10)19/h2-4,11-12,14H,5-8H2,1H3,(H,20,21,22)/t11-,12+,14+/m1/s1. The van der Waals surface area contributed by atoms with Crippen LogP contribution < -0.4 is 0 Å². The zero-order valence-electron chi connectivity index (χ0n) is 13.7. The van der Waals surface area contributed by atoms with Crippen LogP contribution in [-0.4, -0.2) is 45.7 Å². The summed E-state index contributed by atoms with van der Waals surface area (Å²) in [5.41, 5.74) is 0.285. The Labute approximate surface area is 143 Å². The number of aromatic nitrogens is 3. The van der Waals surface area contributed by atoms with Crippen LogP contribution in [0.2, 0.25) is 0 Å². The molecule has 8 heteroatoms. The van der Waals surface area contributed by atoms with Gasteiger partial charge in [-0.15, -0.1) is 0 Å². The Morgan fingerprint density at radius 3 is 3.00 bits per heavy atom. The fourth-order valence-corrected chi connectivity index (χ4v) is 3.36. The summed E-state index contributed by atoms with van der Waals surface area (Å²) in [5, 5.41) is 6.85. The van der Waals surface area contributed by atoms with E-state index in [0.29, 0.717) is 37.8 Å². The monoisotopic (exact) mass is 348 g/mol. The zero-order valence-corrected chi connectivity index (χ0v) is 13.7. The van der Waals surface area contributed by atoms with Crippen LogP contribution >= 0.6 is 0 Å². The maximum Gasteiger partial charge on any atom is 0.226 e. The number of aromatic amines is 1. The van der Waals surface area contributed by atoms with Crippen molar-refractivity contribution in [2.24, 2.45) is 5.92 Å². The predicted octanol–water partition coefficient (Wildman–Crippen LogP) is 2.09. The molecule has 3 atom stereocenters. The molecular weight excluding hydrogens is 330 g/mol. The summed E-state index contributed by atoms with van der Waals surface area (Å²) in [6.07, 6.45) is 0.173. The van der Waals surface area contributed by atoms with Crippen LogP contribution in [0.15, 0.2) is 18.2 Å². The normalized spacial score (nSPS) is 25.9. The van der Waals surface area contributed by atoms with Crippen molar-refractivity contribution in [1.29, 1.82) is 0 Å². The maximum atomic E-state index is 13.9. The molecule has 1 aromatic carbocycles. The lowest BCUT2D eigenvalue weighted by molar-refractivity contribution is -0.140. The van der Waals surface area contributed by atoms with E-state index in [2.05, 4.69) is 15.2 Å². The molecule has 2 heterocycles. The molecule has 2 aromatic rings. The summed E-state index contributed by atoms with van der Waals surface area (Å²) in [4.78, 5) is 18.7. The van der Waals surface area contributed by atoms with Gasteiger partial charge in [0.25, 0.3) is 0 Å². The highest BCUT2D eigenvalue weighted by Gasteiger charge is 2.48. The van der Waals surface area contributed by atoms with Crippen molar-refractivity contribution < 1.29 is 18.3 Å². The Bertz CT molecular complexity index is 810. The first-order valence-corrected chi connectivity index (χ1v) is 8.28. The number of nitrogens with zero attached hydrogens (tertiary/aromatic N) is 3. The van der Waals surface area contributed by atoms with Crippen molar-refractivity contribution in [2.75, 3.05) is 19.7 Å². The van der Waals surface area contributed by atoms with Crippen molar-refractivity contribution in [3.63, 3.8) is 0 Å². The Hall–Kier alpha value is -2.35. The van der Waals surface area contributed by atoms with E-state index in [1.807, 2.05) is 0 Å². The van der Waals surface area contributed by atoms with Gasteiger partial charge in [-0.05, 0) is 30.9 Å². The number of carbonyl (C=O) groups is 1. The Morgan fingerprint density at radius 2 is 2.24 bits per heavy atom. The van der Waals surface area contributed by atoms with Gasteiger partial charge in [0.2, 0.25) is 5.91 Å². The van der Waals surface area contributed by atoms with Crippen LogP contribution in [0.1, 0.15) is 35.7 Å². The molecule has 0 spiro atoms. The number of rotatable bonds is 3. The van der Waals surface area contributed by atoms with E-state index in [1.54, 1.807) is 17.9 Å². The number of carbonyl (C=O) groups excluding carboxylic acids is 1. The Balaban J connectivity index is 1.44. The van der Waals surface area contributed by atoms with E-state index in [1.165, 1.54) is 6.07 Å². The van der Waals surface area contributed by atoms with Crippen molar-refractivity contribution in [3.05, 3.63) is 47.0 Å². The van der Waals surface area contributed by atoms with Gasteiger partial charge in [-0.3, -0.25) is 9.89 Å². The van der Waals surface area contributed by atoms with Crippen molar-refractivity contribution >= 4 is 5.91 Å². The number of benzene rings is 1. The fraction of sp³-hybridized carbons (Fsp3) is 0.471. The Kier molecular flexibility index (Phi) is 3.99. The lowest BCUT2D eigenvalue weighted by Crippen LogP contribution is -2.43. The minimum atomic E-state index is -0.873. The number of halogens is 2. The van der Waals surface area contributed by atoms with Gasteiger partial charge in [0.15, 0.2) is 17.5 Å². The van der Waals surface area contributed by atoms with Gasteiger partial charge in [-0.25, -0.2) is 13.8 Å². The number of amides is 1. The topological polar surface area (TPSA) is 71.1 Å². The minimum Gasteiger partial charge on any atom is -0.366 e. The molecular formula is C17H18F2N4O2. The van der Waals surface area contributed by atoms with Gasteiger partial charge in [-0.1, -0.05) is 12.1 Å². The molecule has 1 saturated carbocycles. The number of aryl methyl sites for hydroxylation is 1. The van der Waals surface area contributed by atoms with E-state index in [9.17, 15) is 13.6 Å². The highest BCUT2D eigenvalue weighted by molar-refractivity contribution is 5.83. The average Bonchev–Trinajstić information content (AvgIpc) is 3.29. The third kappa shape index (κ3) is 3.02. The molecule has 1 N–H and O–H groups in total. The molecule has 25 heavy (non-hydrogen) atoms. The number of morpholine rings is 1.